The molecule has 2 aliphatic carbocycles. The van der Waals surface area contributed by atoms with Gasteiger partial charge >= 0.3 is 0 Å². The summed E-state index contributed by atoms with van der Waals surface area (Å²) in [6, 6.07) is 28.0. The van der Waals surface area contributed by atoms with Crippen LogP contribution in [0.4, 0.5) is 0 Å². The Morgan fingerprint density at radius 3 is 1.98 bits per heavy atom. The zero-order valence-corrected chi connectivity index (χ0v) is 29.4. The van der Waals surface area contributed by atoms with Gasteiger partial charge in [-0.3, -0.25) is 4.98 Å². The summed E-state index contributed by atoms with van der Waals surface area (Å²) in [5.74, 6) is 0. The van der Waals surface area contributed by atoms with Crippen molar-refractivity contribution in [2.24, 2.45) is 0 Å². The molecule has 2 aromatic heterocycles. The van der Waals surface area contributed by atoms with Crippen molar-refractivity contribution < 1.29 is 8.53 Å². The Morgan fingerprint density at radius 2 is 1.27 bits per heavy atom. The molecule has 0 saturated carbocycles. The third-order valence-corrected chi connectivity index (χ3v) is 11.7. The number of pyridine rings is 1. The number of nitrogens with zero attached hydrogens (tertiary/aromatic N) is 1. The molecule has 2 heterocycles. The van der Waals surface area contributed by atoms with E-state index in [2.05, 4.69) is 134 Å². The highest BCUT2D eigenvalue weighted by Crippen LogP contribution is 2.61. The number of furan rings is 1. The smallest absolute Gasteiger partial charge is 0.144 e. The highest BCUT2D eigenvalue weighted by Gasteiger charge is 2.50. The molecule has 9 rings (SSSR count). The maximum Gasteiger partial charge on any atom is 0.144 e. The van der Waals surface area contributed by atoms with Gasteiger partial charge in [-0.15, -0.1) is 0 Å². The van der Waals surface area contributed by atoms with Crippen LogP contribution < -0.4 is 0 Å². The molecule has 0 aliphatic heterocycles. The molecule has 2 heteroatoms. The van der Waals surface area contributed by atoms with Gasteiger partial charge in [0, 0.05) is 26.6 Å². The normalized spacial score (nSPS) is 19.8. The van der Waals surface area contributed by atoms with Crippen LogP contribution in [0.25, 0.3) is 65.9 Å². The summed E-state index contributed by atoms with van der Waals surface area (Å²) in [7, 11) is 0. The van der Waals surface area contributed by atoms with Gasteiger partial charge in [0.25, 0.3) is 0 Å². The monoisotopic (exact) mass is 630 g/mol. The fourth-order valence-corrected chi connectivity index (χ4v) is 10.3. The molecule has 48 heavy (non-hydrogen) atoms. The average Bonchev–Trinajstić information content (AvgIpc) is 3.58. The first-order valence-electron chi connectivity index (χ1n) is 18.9. The number of benzene rings is 5. The zero-order valence-electron chi connectivity index (χ0n) is 32.4. The van der Waals surface area contributed by atoms with Crippen molar-refractivity contribution in [3.63, 3.8) is 0 Å². The number of aromatic nitrogens is 1. The molecule has 0 spiro atoms. The summed E-state index contributed by atoms with van der Waals surface area (Å²) in [6.07, 6.45) is 3.61. The van der Waals surface area contributed by atoms with Gasteiger partial charge in [0.05, 0.1) is 5.69 Å². The Kier molecular flexibility index (Phi) is 5.18. The molecule has 0 N–H and O–H groups in total. The van der Waals surface area contributed by atoms with Crippen LogP contribution >= 0.6 is 0 Å². The van der Waals surface area contributed by atoms with Crippen molar-refractivity contribution in [1.82, 2.24) is 4.98 Å². The minimum absolute atomic E-state index is 0.0455. The van der Waals surface area contributed by atoms with Crippen LogP contribution in [-0.2, 0) is 21.7 Å². The fraction of sp³-hybridized carbons (Fsp3) is 0.326. The number of hydrogen-bond acceptors (Lipinski definition) is 2. The summed E-state index contributed by atoms with van der Waals surface area (Å²) >= 11 is 0. The lowest BCUT2D eigenvalue weighted by Gasteiger charge is -2.30. The van der Waals surface area contributed by atoms with Crippen LogP contribution in [0, 0.1) is 6.85 Å². The first kappa shape index (κ1) is 26.5. The molecule has 0 atom stereocenters. The van der Waals surface area contributed by atoms with Crippen LogP contribution in [0.3, 0.4) is 0 Å². The largest absolute Gasteiger partial charge is 0.455 e. The second kappa shape index (κ2) is 9.38. The van der Waals surface area contributed by atoms with E-state index in [0.29, 0.717) is 11.3 Å². The molecule has 0 saturated heterocycles. The van der Waals surface area contributed by atoms with Crippen LogP contribution in [0.2, 0.25) is 0 Å². The van der Waals surface area contributed by atoms with E-state index in [1.165, 1.54) is 38.4 Å². The van der Waals surface area contributed by atoms with E-state index in [-0.39, 0.29) is 21.7 Å². The molecule has 5 aromatic carbocycles. The molecule has 0 radical (unpaired) electrons. The summed E-state index contributed by atoms with van der Waals surface area (Å²) < 4.78 is 33.1. The Labute approximate surface area is 288 Å². The fourth-order valence-electron chi connectivity index (χ4n) is 10.3. The van der Waals surface area contributed by atoms with Crippen molar-refractivity contribution >= 4 is 43.5 Å². The highest BCUT2D eigenvalue weighted by atomic mass is 16.3. The highest BCUT2D eigenvalue weighted by molar-refractivity contribution is 6.17. The van der Waals surface area contributed by atoms with Gasteiger partial charge < -0.3 is 4.42 Å². The number of aryl methyl sites for hydroxylation is 1. The minimum Gasteiger partial charge on any atom is -0.455 e. The summed E-state index contributed by atoms with van der Waals surface area (Å²) in [6.45, 7) is 16.4. The van der Waals surface area contributed by atoms with E-state index in [1.807, 2.05) is 0 Å². The standard InChI is InChI=1S/C46H45NO/c1-26-23-47-37(20-32(26)39-40-35(43(2,3)24-45(40,6)7)22-36-41(39)46(8,9)25-44(36,4)5)31-16-12-15-30-34-19-28-18-17-27-13-10-11-14-29(27)33(28)21-38(34)48-42(30)31/h10-23H,24-25H2,1-9H3/i1D3. The first-order valence-corrected chi connectivity index (χ1v) is 17.4. The minimum atomic E-state index is -2.35. The molecule has 240 valence electrons. The second-order valence-corrected chi connectivity index (χ2v) is 17.2. The van der Waals surface area contributed by atoms with Crippen molar-refractivity contribution in [2.75, 3.05) is 0 Å². The summed E-state index contributed by atoms with van der Waals surface area (Å²) in [4.78, 5) is 4.91. The maximum atomic E-state index is 8.79. The Balaban J connectivity index is 1.35. The van der Waals surface area contributed by atoms with Gasteiger partial charge in [0.15, 0.2) is 0 Å². The number of fused-ring (bicyclic) bond motifs is 8. The number of rotatable bonds is 2. The summed E-state index contributed by atoms with van der Waals surface area (Å²) in [5.41, 5.74) is 10.2. The van der Waals surface area contributed by atoms with E-state index in [4.69, 9.17) is 13.5 Å². The Bertz CT molecular complexity index is 2580. The second-order valence-electron chi connectivity index (χ2n) is 17.2. The lowest BCUT2D eigenvalue weighted by atomic mass is 9.74. The maximum absolute atomic E-state index is 8.79. The quantitative estimate of drug-likeness (QED) is 0.178. The summed E-state index contributed by atoms with van der Waals surface area (Å²) in [5, 5.41) is 6.80. The van der Waals surface area contributed by atoms with Gasteiger partial charge in [-0.25, -0.2) is 0 Å². The third kappa shape index (κ3) is 4.01. The van der Waals surface area contributed by atoms with Crippen LogP contribution in [0.5, 0.6) is 0 Å². The SMILES string of the molecule is [2H]C([2H])([2H])c1cnc(-c2cccc3c2oc2cc4c(ccc5ccccc54)cc23)cc1-c1c2c(cc3c1C(C)(C)CC3(C)C)C(C)(C)CC2(C)C. The van der Waals surface area contributed by atoms with Crippen LogP contribution in [0.1, 0.15) is 100 Å². The average molecular weight is 631 g/mol. The predicted molar refractivity (Wildman–Crippen MR) is 203 cm³/mol. The van der Waals surface area contributed by atoms with Crippen LogP contribution in [0.15, 0.2) is 89.5 Å². The Morgan fingerprint density at radius 1 is 0.604 bits per heavy atom. The zero-order chi connectivity index (χ0) is 36.0. The molecular formula is C46H45NO. The lowest BCUT2D eigenvalue weighted by Crippen LogP contribution is -2.20. The van der Waals surface area contributed by atoms with Gasteiger partial charge in [-0.05, 0) is 126 Å². The topological polar surface area (TPSA) is 26.0 Å². The van der Waals surface area contributed by atoms with Crippen molar-refractivity contribution in [1.29, 1.82) is 0 Å². The van der Waals surface area contributed by atoms with E-state index < -0.39 is 6.85 Å². The van der Waals surface area contributed by atoms with E-state index >= 15 is 0 Å². The third-order valence-electron chi connectivity index (χ3n) is 11.7. The van der Waals surface area contributed by atoms with Gasteiger partial charge in [0.2, 0.25) is 0 Å². The van der Waals surface area contributed by atoms with E-state index in [9.17, 15) is 0 Å². The number of para-hydroxylation sites is 1. The molecule has 2 nitrogen and oxygen atoms in total. The number of hydrogen-bond donors (Lipinski definition) is 0. The molecule has 0 amide bonds. The predicted octanol–water partition coefficient (Wildman–Crippen LogP) is 12.8. The molecule has 0 unspecified atom stereocenters. The molecule has 0 bridgehead atoms. The van der Waals surface area contributed by atoms with Crippen molar-refractivity contribution in [2.45, 2.75) is 96.7 Å². The van der Waals surface area contributed by atoms with Gasteiger partial charge in [-0.2, -0.15) is 0 Å². The van der Waals surface area contributed by atoms with Crippen LogP contribution in [-0.4, -0.2) is 4.98 Å². The molecular weight excluding hydrogens is 583 g/mol. The lowest BCUT2D eigenvalue weighted by molar-refractivity contribution is 0.396. The molecule has 2 aliphatic rings. The van der Waals surface area contributed by atoms with E-state index in [0.717, 1.165) is 56.9 Å². The van der Waals surface area contributed by atoms with Crippen molar-refractivity contribution in [3.8, 4) is 22.4 Å². The van der Waals surface area contributed by atoms with E-state index in [1.54, 1.807) is 6.20 Å². The van der Waals surface area contributed by atoms with Crippen molar-refractivity contribution in [3.05, 3.63) is 113 Å². The first-order chi connectivity index (χ1) is 23.9. The molecule has 7 aromatic rings. The van der Waals surface area contributed by atoms with Gasteiger partial charge in [-0.1, -0.05) is 110 Å². The molecule has 0 fully saturated rings. The van der Waals surface area contributed by atoms with Gasteiger partial charge in [0.1, 0.15) is 11.2 Å². The Hall–Kier alpha value is -4.43.